The summed E-state index contributed by atoms with van der Waals surface area (Å²) >= 11 is 0. The van der Waals surface area contributed by atoms with E-state index in [0.29, 0.717) is 0 Å². The van der Waals surface area contributed by atoms with Crippen molar-refractivity contribution in [3.05, 3.63) is 23.0 Å². The minimum atomic E-state index is -2.94. The van der Waals surface area contributed by atoms with Crippen molar-refractivity contribution in [2.45, 2.75) is 13.3 Å². The third-order valence-electron chi connectivity index (χ3n) is 1.81. The average Bonchev–Trinajstić information content (AvgIpc) is 2.20. The van der Waals surface area contributed by atoms with Gasteiger partial charge in [0.15, 0.2) is 0 Å². The van der Waals surface area contributed by atoms with Gasteiger partial charge in [-0.2, -0.15) is 0 Å². The van der Waals surface area contributed by atoms with Crippen LogP contribution in [0.5, 0.6) is 5.75 Å². The number of carbonyl (C=O) groups is 1. The molecule has 15 heavy (non-hydrogen) atoms. The molecule has 0 amide bonds. The first-order chi connectivity index (χ1) is 6.97. The van der Waals surface area contributed by atoms with E-state index >= 15 is 0 Å². The van der Waals surface area contributed by atoms with Crippen LogP contribution < -0.4 is 0 Å². The zero-order valence-corrected chi connectivity index (χ0v) is 8.12. The summed E-state index contributed by atoms with van der Waals surface area (Å²) in [5, 5.41) is 9.25. The van der Waals surface area contributed by atoms with E-state index in [4.69, 9.17) is 0 Å². The number of aryl methyl sites for hydroxylation is 1. The van der Waals surface area contributed by atoms with E-state index in [1.54, 1.807) is 0 Å². The Balaban J connectivity index is 3.29. The van der Waals surface area contributed by atoms with Crippen molar-refractivity contribution < 1.29 is 23.4 Å². The standard InChI is InChI=1S/C9H9F2NO3/c1-4-3-5(9(14)15-2)12-6(7(4)13)8(10)11/h3,8,13H,1-2H3. The maximum Gasteiger partial charge on any atom is 0.356 e. The molecular weight excluding hydrogens is 208 g/mol. The van der Waals surface area contributed by atoms with Crippen LogP contribution in [-0.4, -0.2) is 23.2 Å². The minimum absolute atomic E-state index is 0.153. The summed E-state index contributed by atoms with van der Waals surface area (Å²) in [5.41, 5.74) is -0.904. The molecule has 0 saturated heterocycles. The Morgan fingerprint density at radius 1 is 1.60 bits per heavy atom. The predicted octanol–water partition coefficient (Wildman–Crippen LogP) is 1.82. The van der Waals surface area contributed by atoms with Crippen molar-refractivity contribution in [2.24, 2.45) is 0 Å². The molecule has 6 heteroatoms. The molecule has 0 unspecified atom stereocenters. The van der Waals surface area contributed by atoms with E-state index in [1.165, 1.54) is 13.0 Å². The van der Waals surface area contributed by atoms with Gasteiger partial charge >= 0.3 is 5.97 Å². The van der Waals surface area contributed by atoms with E-state index in [0.717, 1.165) is 7.11 Å². The van der Waals surface area contributed by atoms with Crippen molar-refractivity contribution in [1.29, 1.82) is 0 Å². The Hall–Kier alpha value is -1.72. The Labute approximate surface area is 84.5 Å². The van der Waals surface area contributed by atoms with E-state index in [2.05, 4.69) is 9.72 Å². The average molecular weight is 217 g/mol. The van der Waals surface area contributed by atoms with Gasteiger partial charge in [-0.15, -0.1) is 0 Å². The SMILES string of the molecule is COC(=O)c1cc(C)c(O)c(C(F)F)n1. The number of halogens is 2. The molecule has 82 valence electrons. The molecule has 0 aromatic carbocycles. The summed E-state index contributed by atoms with van der Waals surface area (Å²) < 4.78 is 29.1. The summed E-state index contributed by atoms with van der Waals surface area (Å²) in [6, 6.07) is 1.19. The van der Waals surface area contributed by atoms with Crippen LogP contribution in [0.4, 0.5) is 8.78 Å². The highest BCUT2D eigenvalue weighted by Crippen LogP contribution is 2.29. The van der Waals surface area contributed by atoms with E-state index in [9.17, 15) is 18.7 Å². The van der Waals surface area contributed by atoms with Crippen LogP contribution in [-0.2, 0) is 4.74 Å². The summed E-state index contributed by atoms with van der Waals surface area (Å²) in [6.07, 6.45) is -2.94. The van der Waals surface area contributed by atoms with Crippen LogP contribution >= 0.6 is 0 Å². The van der Waals surface area contributed by atoms with Crippen molar-refractivity contribution >= 4 is 5.97 Å². The lowest BCUT2D eigenvalue weighted by molar-refractivity contribution is 0.0592. The fourth-order valence-electron chi connectivity index (χ4n) is 1.05. The van der Waals surface area contributed by atoms with Crippen LogP contribution in [0, 0.1) is 6.92 Å². The normalized spacial score (nSPS) is 10.5. The lowest BCUT2D eigenvalue weighted by Crippen LogP contribution is -2.07. The third kappa shape index (κ3) is 2.20. The molecular formula is C9H9F2NO3. The van der Waals surface area contributed by atoms with Gasteiger partial charge in [0.25, 0.3) is 6.43 Å². The number of carbonyl (C=O) groups excluding carboxylic acids is 1. The van der Waals surface area contributed by atoms with Gasteiger partial charge in [0.05, 0.1) is 7.11 Å². The largest absolute Gasteiger partial charge is 0.506 e. The number of pyridine rings is 1. The lowest BCUT2D eigenvalue weighted by Gasteiger charge is -2.07. The molecule has 0 aliphatic carbocycles. The summed E-state index contributed by atoms with van der Waals surface area (Å²) in [7, 11) is 1.12. The van der Waals surface area contributed by atoms with Gasteiger partial charge in [0.1, 0.15) is 17.1 Å². The number of ether oxygens (including phenoxy) is 1. The molecule has 0 bridgehead atoms. The molecule has 1 N–H and O–H groups in total. The first-order valence-corrected chi connectivity index (χ1v) is 4.04. The van der Waals surface area contributed by atoms with Gasteiger partial charge in [0, 0.05) is 0 Å². The van der Waals surface area contributed by atoms with Crippen LogP contribution in [0.1, 0.15) is 28.2 Å². The third-order valence-corrected chi connectivity index (χ3v) is 1.81. The maximum absolute atomic E-state index is 12.4. The Morgan fingerprint density at radius 2 is 2.20 bits per heavy atom. The lowest BCUT2D eigenvalue weighted by atomic mass is 10.2. The monoisotopic (exact) mass is 217 g/mol. The second-order valence-electron chi connectivity index (χ2n) is 2.85. The molecule has 1 rings (SSSR count). The number of hydrogen-bond acceptors (Lipinski definition) is 4. The number of methoxy groups -OCH3 is 1. The zero-order chi connectivity index (χ0) is 11.6. The van der Waals surface area contributed by atoms with Crippen LogP contribution in [0.15, 0.2) is 6.07 Å². The van der Waals surface area contributed by atoms with Crippen molar-refractivity contribution in [1.82, 2.24) is 4.98 Å². The van der Waals surface area contributed by atoms with Gasteiger partial charge in [-0.05, 0) is 18.6 Å². The number of rotatable bonds is 2. The van der Waals surface area contributed by atoms with Crippen LogP contribution in [0.25, 0.3) is 0 Å². The Morgan fingerprint density at radius 3 is 2.67 bits per heavy atom. The van der Waals surface area contributed by atoms with Gasteiger partial charge in [-0.3, -0.25) is 0 Å². The minimum Gasteiger partial charge on any atom is -0.506 e. The number of alkyl halides is 2. The second kappa shape index (κ2) is 4.20. The molecule has 0 radical (unpaired) electrons. The molecule has 0 aliphatic rings. The summed E-state index contributed by atoms with van der Waals surface area (Å²) in [6.45, 7) is 1.40. The molecule has 1 aromatic rings. The van der Waals surface area contributed by atoms with Gasteiger partial charge in [-0.25, -0.2) is 18.6 Å². The predicted molar refractivity (Wildman–Crippen MR) is 46.9 cm³/mol. The molecule has 4 nitrogen and oxygen atoms in total. The first kappa shape index (κ1) is 11.4. The van der Waals surface area contributed by atoms with E-state index in [1.807, 2.05) is 0 Å². The first-order valence-electron chi connectivity index (χ1n) is 4.04. The number of aromatic nitrogens is 1. The highest BCUT2D eigenvalue weighted by Gasteiger charge is 2.20. The van der Waals surface area contributed by atoms with Gasteiger partial charge < -0.3 is 9.84 Å². The number of esters is 1. The topological polar surface area (TPSA) is 59.4 Å². The highest BCUT2D eigenvalue weighted by molar-refractivity contribution is 5.87. The maximum atomic E-state index is 12.4. The Bertz CT molecular complexity index is 393. The molecule has 0 atom stereocenters. The van der Waals surface area contributed by atoms with E-state index in [-0.39, 0.29) is 11.3 Å². The van der Waals surface area contributed by atoms with Gasteiger partial charge in [-0.1, -0.05) is 0 Å². The number of aromatic hydroxyl groups is 1. The van der Waals surface area contributed by atoms with Gasteiger partial charge in [0.2, 0.25) is 0 Å². The fourth-order valence-corrected chi connectivity index (χ4v) is 1.05. The smallest absolute Gasteiger partial charge is 0.356 e. The highest BCUT2D eigenvalue weighted by atomic mass is 19.3. The zero-order valence-electron chi connectivity index (χ0n) is 8.12. The molecule has 0 saturated carbocycles. The molecule has 0 aliphatic heterocycles. The quantitative estimate of drug-likeness (QED) is 0.767. The molecule has 0 fully saturated rings. The summed E-state index contributed by atoms with van der Waals surface area (Å²) in [5.74, 6) is -1.42. The second-order valence-corrected chi connectivity index (χ2v) is 2.85. The number of hydrogen-bond donors (Lipinski definition) is 1. The number of nitrogens with zero attached hydrogens (tertiary/aromatic N) is 1. The Kier molecular flexibility index (Phi) is 3.18. The summed E-state index contributed by atoms with van der Waals surface area (Å²) in [4.78, 5) is 14.4. The van der Waals surface area contributed by atoms with E-state index < -0.39 is 23.8 Å². The molecule has 0 spiro atoms. The van der Waals surface area contributed by atoms with Crippen molar-refractivity contribution in [3.63, 3.8) is 0 Å². The molecule has 1 heterocycles. The fraction of sp³-hybridized carbons (Fsp3) is 0.333. The van der Waals surface area contributed by atoms with Crippen molar-refractivity contribution in [2.75, 3.05) is 7.11 Å². The van der Waals surface area contributed by atoms with Crippen LogP contribution in [0.2, 0.25) is 0 Å². The van der Waals surface area contributed by atoms with Crippen molar-refractivity contribution in [3.8, 4) is 5.75 Å². The molecule has 1 aromatic heterocycles. The van der Waals surface area contributed by atoms with Crippen LogP contribution in [0.3, 0.4) is 0 Å².